The first-order chi connectivity index (χ1) is 8.25. The van der Waals surface area contributed by atoms with Crippen LogP contribution in [0.3, 0.4) is 0 Å². The molecule has 2 rings (SSSR count). The monoisotopic (exact) mass is 269 g/mol. The molecule has 1 aliphatic rings. The largest absolute Gasteiger partial charge is 0.334 e. The van der Waals surface area contributed by atoms with Crippen LogP contribution in [-0.2, 0) is 6.54 Å². The first kappa shape index (κ1) is 14.8. The van der Waals surface area contributed by atoms with E-state index in [-0.39, 0.29) is 18.4 Å². The minimum Gasteiger partial charge on any atom is -0.334 e. The average Bonchev–Trinajstić information content (AvgIpc) is 2.37. The number of nitrogens with one attached hydrogen (secondary N) is 2. The number of hydrogen-bond donors (Lipinski definition) is 2. The summed E-state index contributed by atoms with van der Waals surface area (Å²) in [5, 5.41) is 6.27. The van der Waals surface area contributed by atoms with Crippen molar-refractivity contribution in [3.05, 3.63) is 35.9 Å². The summed E-state index contributed by atoms with van der Waals surface area (Å²) in [6.07, 6.45) is 0. The van der Waals surface area contributed by atoms with Gasteiger partial charge in [0.05, 0.1) is 0 Å². The molecule has 0 saturated carbocycles. The third-order valence-corrected chi connectivity index (χ3v) is 2.94. The molecule has 2 amide bonds. The van der Waals surface area contributed by atoms with Crippen LogP contribution in [0.1, 0.15) is 12.5 Å². The van der Waals surface area contributed by atoms with E-state index >= 15 is 0 Å². The van der Waals surface area contributed by atoms with Crippen molar-refractivity contribution in [2.24, 2.45) is 0 Å². The quantitative estimate of drug-likeness (QED) is 0.857. The molecule has 0 aromatic heterocycles. The van der Waals surface area contributed by atoms with Crippen molar-refractivity contribution in [3.8, 4) is 0 Å². The van der Waals surface area contributed by atoms with Crippen molar-refractivity contribution < 1.29 is 4.79 Å². The molecule has 2 N–H and O–H groups in total. The minimum absolute atomic E-state index is 0. The molecule has 0 aliphatic carbocycles. The van der Waals surface area contributed by atoms with E-state index in [0.29, 0.717) is 12.6 Å². The smallest absolute Gasteiger partial charge is 0.317 e. The molecule has 0 unspecified atom stereocenters. The number of benzene rings is 1. The maximum Gasteiger partial charge on any atom is 0.317 e. The van der Waals surface area contributed by atoms with Crippen molar-refractivity contribution in [1.82, 2.24) is 15.5 Å². The predicted molar refractivity (Wildman–Crippen MR) is 75.0 cm³/mol. The van der Waals surface area contributed by atoms with Gasteiger partial charge in [0.25, 0.3) is 0 Å². The number of hydrogen-bond acceptors (Lipinski definition) is 2. The molecule has 4 nitrogen and oxygen atoms in total. The van der Waals surface area contributed by atoms with Crippen LogP contribution in [0.15, 0.2) is 30.3 Å². The highest BCUT2D eigenvalue weighted by atomic mass is 35.5. The number of piperazine rings is 1. The average molecular weight is 270 g/mol. The Labute approximate surface area is 114 Å². The van der Waals surface area contributed by atoms with E-state index in [0.717, 1.165) is 25.2 Å². The molecule has 1 aromatic carbocycles. The van der Waals surface area contributed by atoms with Crippen molar-refractivity contribution in [3.63, 3.8) is 0 Å². The van der Waals surface area contributed by atoms with Crippen molar-refractivity contribution in [2.45, 2.75) is 19.5 Å². The molecule has 18 heavy (non-hydrogen) atoms. The van der Waals surface area contributed by atoms with Crippen LogP contribution in [0.2, 0.25) is 0 Å². The Morgan fingerprint density at radius 3 is 2.83 bits per heavy atom. The molecule has 1 atom stereocenters. The maximum absolute atomic E-state index is 11.9. The topological polar surface area (TPSA) is 44.4 Å². The highest BCUT2D eigenvalue weighted by Gasteiger charge is 2.19. The fourth-order valence-corrected chi connectivity index (χ4v) is 2.00. The van der Waals surface area contributed by atoms with E-state index in [9.17, 15) is 4.79 Å². The lowest BCUT2D eigenvalue weighted by Crippen LogP contribution is -2.53. The number of amides is 2. The van der Waals surface area contributed by atoms with Crippen molar-refractivity contribution in [1.29, 1.82) is 0 Å². The summed E-state index contributed by atoms with van der Waals surface area (Å²) in [6.45, 7) is 5.13. The van der Waals surface area contributed by atoms with Gasteiger partial charge in [-0.05, 0) is 12.5 Å². The molecule has 1 aromatic rings. The first-order valence-corrected chi connectivity index (χ1v) is 6.06. The molecule has 1 saturated heterocycles. The van der Waals surface area contributed by atoms with Gasteiger partial charge in [0.2, 0.25) is 0 Å². The zero-order valence-electron chi connectivity index (χ0n) is 10.6. The molecular weight excluding hydrogens is 250 g/mol. The Hall–Kier alpha value is -1.26. The number of nitrogens with zero attached hydrogens (tertiary/aromatic N) is 1. The summed E-state index contributed by atoms with van der Waals surface area (Å²) in [5.74, 6) is 0. The number of carbonyl (C=O) groups is 1. The van der Waals surface area contributed by atoms with Crippen LogP contribution in [0, 0.1) is 0 Å². The van der Waals surface area contributed by atoms with E-state index in [4.69, 9.17) is 0 Å². The molecule has 1 fully saturated rings. The second-order valence-corrected chi connectivity index (χ2v) is 4.45. The summed E-state index contributed by atoms with van der Waals surface area (Å²) >= 11 is 0. The summed E-state index contributed by atoms with van der Waals surface area (Å²) in [5.41, 5.74) is 1.13. The lowest BCUT2D eigenvalue weighted by Gasteiger charge is -2.31. The predicted octanol–water partition coefficient (Wildman–Crippen LogP) is 1.61. The van der Waals surface area contributed by atoms with Crippen LogP contribution in [0.4, 0.5) is 4.79 Å². The Balaban J connectivity index is 0.00000162. The Kier molecular flexibility index (Phi) is 5.95. The summed E-state index contributed by atoms with van der Waals surface area (Å²) in [6, 6.07) is 10.4. The molecule has 100 valence electrons. The van der Waals surface area contributed by atoms with Gasteiger partial charge < -0.3 is 15.5 Å². The van der Waals surface area contributed by atoms with Crippen LogP contribution >= 0.6 is 12.4 Å². The van der Waals surface area contributed by atoms with Gasteiger partial charge in [-0.3, -0.25) is 0 Å². The Morgan fingerprint density at radius 1 is 1.44 bits per heavy atom. The van der Waals surface area contributed by atoms with Gasteiger partial charge in [-0.25, -0.2) is 4.79 Å². The molecule has 5 heteroatoms. The van der Waals surface area contributed by atoms with Gasteiger partial charge in [0.1, 0.15) is 0 Å². The molecule has 0 bridgehead atoms. The third kappa shape index (κ3) is 4.20. The van der Waals surface area contributed by atoms with E-state index in [2.05, 4.69) is 17.6 Å². The summed E-state index contributed by atoms with van der Waals surface area (Å²) in [4.78, 5) is 13.8. The molecule has 1 heterocycles. The van der Waals surface area contributed by atoms with Crippen LogP contribution in [0.5, 0.6) is 0 Å². The second kappa shape index (κ2) is 7.24. The normalized spacial score (nSPS) is 18.9. The van der Waals surface area contributed by atoms with E-state index < -0.39 is 0 Å². The molecule has 0 radical (unpaired) electrons. The number of urea groups is 1. The lowest BCUT2D eigenvalue weighted by molar-refractivity contribution is 0.179. The van der Waals surface area contributed by atoms with Crippen LogP contribution in [-0.4, -0.2) is 36.6 Å². The first-order valence-electron chi connectivity index (χ1n) is 6.06. The van der Waals surface area contributed by atoms with E-state index in [1.54, 1.807) is 0 Å². The van der Waals surface area contributed by atoms with E-state index in [1.807, 2.05) is 35.2 Å². The summed E-state index contributed by atoms with van der Waals surface area (Å²) in [7, 11) is 0. The minimum atomic E-state index is 0. The highest BCUT2D eigenvalue weighted by molar-refractivity contribution is 5.85. The maximum atomic E-state index is 11.9. The Bertz CT molecular complexity index is 372. The highest BCUT2D eigenvalue weighted by Crippen LogP contribution is 2.01. The molecular formula is C13H20ClN3O. The lowest BCUT2D eigenvalue weighted by atomic mass is 10.2. The third-order valence-electron chi connectivity index (χ3n) is 2.94. The zero-order chi connectivity index (χ0) is 12.1. The number of rotatable bonds is 2. The van der Waals surface area contributed by atoms with Gasteiger partial charge in [0.15, 0.2) is 0 Å². The van der Waals surface area contributed by atoms with Gasteiger partial charge in [-0.1, -0.05) is 30.3 Å². The van der Waals surface area contributed by atoms with Crippen molar-refractivity contribution >= 4 is 18.4 Å². The van der Waals surface area contributed by atoms with E-state index in [1.165, 1.54) is 0 Å². The van der Waals surface area contributed by atoms with Gasteiger partial charge in [0, 0.05) is 32.2 Å². The number of carbonyl (C=O) groups excluding carboxylic acids is 1. The zero-order valence-corrected chi connectivity index (χ0v) is 11.4. The summed E-state index contributed by atoms with van der Waals surface area (Å²) < 4.78 is 0. The van der Waals surface area contributed by atoms with Gasteiger partial charge in [-0.15, -0.1) is 12.4 Å². The van der Waals surface area contributed by atoms with Gasteiger partial charge in [-0.2, -0.15) is 0 Å². The number of halogens is 1. The van der Waals surface area contributed by atoms with Gasteiger partial charge >= 0.3 is 6.03 Å². The Morgan fingerprint density at radius 2 is 2.17 bits per heavy atom. The fourth-order valence-electron chi connectivity index (χ4n) is 2.00. The molecule has 1 aliphatic heterocycles. The molecule has 0 spiro atoms. The van der Waals surface area contributed by atoms with Crippen molar-refractivity contribution in [2.75, 3.05) is 19.6 Å². The second-order valence-electron chi connectivity index (χ2n) is 4.45. The van der Waals surface area contributed by atoms with Crippen LogP contribution < -0.4 is 10.6 Å². The fraction of sp³-hybridized carbons (Fsp3) is 0.462. The standard InChI is InChI=1S/C13H19N3O.ClH/c1-11-10-16(8-7-14-11)13(17)15-9-12-5-3-2-4-6-12;/h2-6,11,14H,7-10H2,1H3,(H,15,17);1H/t11-;/m0./s1. The SMILES string of the molecule is C[C@H]1CN(C(=O)NCc2ccccc2)CCN1.Cl. The van der Waals surface area contributed by atoms with Crippen LogP contribution in [0.25, 0.3) is 0 Å².